The normalized spacial score (nSPS) is 20.2. The number of hydrogen-bond donors (Lipinski definition) is 0. The molecule has 28 heavy (non-hydrogen) atoms. The van der Waals surface area contributed by atoms with Crippen molar-refractivity contribution < 1.29 is 9.05 Å². The van der Waals surface area contributed by atoms with Gasteiger partial charge in [0, 0.05) is 34.6 Å². The summed E-state index contributed by atoms with van der Waals surface area (Å²) in [7, 11) is 2.95. The van der Waals surface area contributed by atoms with Crippen LogP contribution in [0.1, 0.15) is 23.7 Å². The largest absolute Gasteiger partial charge is 0.317 e. The summed E-state index contributed by atoms with van der Waals surface area (Å²) in [6.07, 6.45) is 3.87. The van der Waals surface area contributed by atoms with E-state index in [0.29, 0.717) is 16.7 Å². The molecular formula is C21H23Cl2N2O2P. The molecule has 2 aromatic carbocycles. The molecule has 0 aliphatic carbocycles. The molecule has 148 valence electrons. The summed E-state index contributed by atoms with van der Waals surface area (Å²) in [4.78, 5) is 2.20. The summed E-state index contributed by atoms with van der Waals surface area (Å²) in [5.41, 5.74) is 3.46. The third-order valence-corrected chi connectivity index (χ3v) is 6.79. The summed E-state index contributed by atoms with van der Waals surface area (Å²) in [5, 5.41) is 2.51. The number of nitrogens with zero attached hydrogens (tertiary/aromatic N) is 2. The first-order chi connectivity index (χ1) is 13.5. The summed E-state index contributed by atoms with van der Waals surface area (Å²) < 4.78 is 14.6. The van der Waals surface area contributed by atoms with Gasteiger partial charge in [0.25, 0.3) is 8.53 Å². The van der Waals surface area contributed by atoms with Crippen LogP contribution >= 0.6 is 31.7 Å². The standard InChI is InChI=1S/C21H23Cl2N2O2P/c1-24(2)9-7-15-14-25(20-6-4-3-5-19(15)20)28-26-10-8-21(27-28)16-11-17(22)13-18(23)12-16/h3-6,11-14,21H,7-10H2,1-2H3. The number of rotatable bonds is 5. The fraction of sp³-hybridized carbons (Fsp3) is 0.333. The van der Waals surface area contributed by atoms with Crippen molar-refractivity contribution in [2.24, 2.45) is 0 Å². The molecule has 7 heteroatoms. The van der Waals surface area contributed by atoms with Crippen molar-refractivity contribution in [2.75, 3.05) is 27.2 Å². The van der Waals surface area contributed by atoms with Crippen LogP contribution in [0, 0.1) is 0 Å². The van der Waals surface area contributed by atoms with Gasteiger partial charge >= 0.3 is 0 Å². The van der Waals surface area contributed by atoms with E-state index in [9.17, 15) is 0 Å². The van der Waals surface area contributed by atoms with E-state index >= 15 is 0 Å². The molecule has 1 aromatic heterocycles. The predicted molar refractivity (Wildman–Crippen MR) is 117 cm³/mol. The van der Waals surface area contributed by atoms with Gasteiger partial charge in [-0.1, -0.05) is 41.4 Å². The molecular weight excluding hydrogens is 414 g/mol. The van der Waals surface area contributed by atoms with Gasteiger partial charge in [-0.3, -0.25) is 4.34 Å². The van der Waals surface area contributed by atoms with Gasteiger partial charge in [-0.05, 0) is 55.9 Å². The first kappa shape index (κ1) is 20.2. The molecule has 0 spiro atoms. The van der Waals surface area contributed by atoms with Crippen LogP contribution in [0.5, 0.6) is 0 Å². The molecule has 1 aliphatic heterocycles. The Morgan fingerprint density at radius 3 is 2.64 bits per heavy atom. The number of aromatic nitrogens is 1. The van der Waals surface area contributed by atoms with Crippen molar-refractivity contribution in [3.8, 4) is 0 Å². The Morgan fingerprint density at radius 1 is 1.14 bits per heavy atom. The summed E-state index contributed by atoms with van der Waals surface area (Å²) in [5.74, 6) is 0. The van der Waals surface area contributed by atoms with E-state index in [1.165, 1.54) is 10.9 Å². The highest BCUT2D eigenvalue weighted by molar-refractivity contribution is 7.45. The number of likely N-dealkylation sites (N-methyl/N-ethyl adjacent to an activating group) is 1. The highest BCUT2D eigenvalue weighted by atomic mass is 35.5. The molecule has 1 aliphatic rings. The topological polar surface area (TPSA) is 26.6 Å². The van der Waals surface area contributed by atoms with Gasteiger partial charge in [0.05, 0.1) is 18.2 Å². The third kappa shape index (κ3) is 4.38. The minimum atomic E-state index is -1.24. The van der Waals surface area contributed by atoms with Crippen LogP contribution < -0.4 is 0 Å². The average molecular weight is 437 g/mol. The summed E-state index contributed by atoms with van der Waals surface area (Å²) in [6, 6.07) is 14.0. The molecule has 4 rings (SSSR count). The molecule has 4 nitrogen and oxygen atoms in total. The van der Waals surface area contributed by atoms with Crippen LogP contribution in [0.15, 0.2) is 48.7 Å². The van der Waals surface area contributed by atoms with Gasteiger partial charge < -0.3 is 13.9 Å². The van der Waals surface area contributed by atoms with Crippen LogP contribution in [-0.2, 0) is 15.5 Å². The zero-order chi connectivity index (χ0) is 19.7. The maximum atomic E-state index is 6.39. The van der Waals surface area contributed by atoms with E-state index in [1.807, 2.05) is 12.1 Å². The van der Waals surface area contributed by atoms with Crippen molar-refractivity contribution in [2.45, 2.75) is 18.9 Å². The van der Waals surface area contributed by atoms with E-state index < -0.39 is 8.53 Å². The molecule has 0 radical (unpaired) electrons. The number of halogens is 2. The van der Waals surface area contributed by atoms with Gasteiger partial charge in [0.1, 0.15) is 0 Å². The zero-order valence-corrected chi connectivity index (χ0v) is 18.3. The lowest BCUT2D eigenvalue weighted by atomic mass is 10.1. The SMILES string of the molecule is CN(C)CCc1cn(P2OCCC(c3cc(Cl)cc(Cl)c3)O2)c2ccccc12. The second kappa shape index (κ2) is 8.71. The van der Waals surface area contributed by atoms with Crippen molar-refractivity contribution >= 4 is 42.6 Å². The predicted octanol–water partition coefficient (Wildman–Crippen LogP) is 6.31. The van der Waals surface area contributed by atoms with Crippen LogP contribution in [0.2, 0.25) is 10.0 Å². The smallest absolute Gasteiger partial charge is 0.294 e. The van der Waals surface area contributed by atoms with E-state index in [-0.39, 0.29) is 6.10 Å². The fourth-order valence-corrected chi connectivity index (χ4v) is 5.56. The minimum absolute atomic E-state index is 0.0811. The Kier molecular flexibility index (Phi) is 6.27. The van der Waals surface area contributed by atoms with Crippen molar-refractivity contribution in [3.05, 3.63) is 69.8 Å². The Morgan fingerprint density at radius 2 is 1.89 bits per heavy atom. The highest BCUT2D eigenvalue weighted by Gasteiger charge is 2.29. The third-order valence-electron chi connectivity index (χ3n) is 4.84. The lowest BCUT2D eigenvalue weighted by Gasteiger charge is -2.30. The quantitative estimate of drug-likeness (QED) is 0.438. The molecule has 0 N–H and O–H groups in total. The Balaban J connectivity index is 1.64. The fourth-order valence-electron chi connectivity index (χ4n) is 3.44. The molecule has 2 atom stereocenters. The molecule has 1 fully saturated rings. The second-order valence-electron chi connectivity index (χ2n) is 7.23. The molecule has 2 heterocycles. The summed E-state index contributed by atoms with van der Waals surface area (Å²) in [6.45, 7) is 1.64. The summed E-state index contributed by atoms with van der Waals surface area (Å²) >= 11 is 12.4. The number of hydrogen-bond acceptors (Lipinski definition) is 3. The Hall–Kier alpha value is -1.13. The van der Waals surface area contributed by atoms with E-state index in [0.717, 1.165) is 30.5 Å². The number of para-hydroxylation sites is 1. The molecule has 0 bridgehead atoms. The molecule has 1 saturated heterocycles. The lowest BCUT2D eigenvalue weighted by Crippen LogP contribution is -2.15. The Labute approximate surface area is 176 Å². The molecule has 2 unspecified atom stereocenters. The first-order valence-corrected chi connectivity index (χ1v) is 11.2. The van der Waals surface area contributed by atoms with Gasteiger partial charge in [-0.25, -0.2) is 0 Å². The lowest BCUT2D eigenvalue weighted by molar-refractivity contribution is 0.105. The van der Waals surface area contributed by atoms with Crippen molar-refractivity contribution in [1.29, 1.82) is 0 Å². The van der Waals surface area contributed by atoms with E-state index in [2.05, 4.69) is 53.8 Å². The van der Waals surface area contributed by atoms with Crippen LogP contribution in [0.4, 0.5) is 0 Å². The van der Waals surface area contributed by atoms with Gasteiger partial charge in [-0.2, -0.15) is 0 Å². The zero-order valence-electron chi connectivity index (χ0n) is 15.9. The number of fused-ring (bicyclic) bond motifs is 1. The Bertz CT molecular complexity index is 956. The average Bonchev–Trinajstić information content (AvgIpc) is 3.05. The van der Waals surface area contributed by atoms with Crippen LogP contribution in [-0.4, -0.2) is 36.5 Å². The van der Waals surface area contributed by atoms with Crippen molar-refractivity contribution in [1.82, 2.24) is 9.24 Å². The van der Waals surface area contributed by atoms with E-state index in [1.54, 1.807) is 6.07 Å². The van der Waals surface area contributed by atoms with Crippen molar-refractivity contribution in [3.63, 3.8) is 0 Å². The van der Waals surface area contributed by atoms with Crippen LogP contribution in [0.3, 0.4) is 0 Å². The maximum absolute atomic E-state index is 6.39. The number of benzene rings is 2. The molecule has 3 aromatic rings. The van der Waals surface area contributed by atoms with E-state index in [4.69, 9.17) is 32.2 Å². The molecule has 0 amide bonds. The molecule has 0 saturated carbocycles. The highest BCUT2D eigenvalue weighted by Crippen LogP contribution is 2.52. The minimum Gasteiger partial charge on any atom is -0.317 e. The first-order valence-electron chi connectivity index (χ1n) is 9.31. The second-order valence-corrected chi connectivity index (χ2v) is 9.47. The van der Waals surface area contributed by atoms with Gasteiger partial charge in [0.2, 0.25) is 0 Å². The van der Waals surface area contributed by atoms with Crippen LogP contribution in [0.25, 0.3) is 10.9 Å². The van der Waals surface area contributed by atoms with Gasteiger partial charge in [-0.15, -0.1) is 0 Å². The maximum Gasteiger partial charge on any atom is 0.294 e. The van der Waals surface area contributed by atoms with Gasteiger partial charge in [0.15, 0.2) is 0 Å². The monoisotopic (exact) mass is 436 g/mol.